The van der Waals surface area contributed by atoms with Gasteiger partial charge >= 0.3 is 5.97 Å². The number of aliphatic carboxylic acids is 1. The molecule has 0 aromatic heterocycles. The van der Waals surface area contributed by atoms with Crippen LogP contribution in [0.25, 0.3) is 0 Å². The number of hydrogen-bond donors (Lipinski definition) is 1. The van der Waals surface area contributed by atoms with Gasteiger partial charge in [0.2, 0.25) is 0 Å². The van der Waals surface area contributed by atoms with Gasteiger partial charge in [0.05, 0.1) is 13.7 Å². The zero-order chi connectivity index (χ0) is 12.0. The van der Waals surface area contributed by atoms with Crippen molar-refractivity contribution < 1.29 is 19.4 Å². The minimum absolute atomic E-state index is 0.119. The van der Waals surface area contributed by atoms with Gasteiger partial charge in [0, 0.05) is 6.42 Å². The summed E-state index contributed by atoms with van der Waals surface area (Å²) in [7, 11) is 1.58. The highest BCUT2D eigenvalue weighted by atomic mass is 16.5. The van der Waals surface area contributed by atoms with E-state index in [-0.39, 0.29) is 6.42 Å². The molecule has 0 saturated carbocycles. The number of ether oxygens (including phenoxy) is 2. The fourth-order valence-electron chi connectivity index (χ4n) is 1.30. The predicted octanol–water partition coefficient (Wildman–Crippen LogP) is 2.25. The summed E-state index contributed by atoms with van der Waals surface area (Å²) in [6, 6.07) is 5.64. The standard InChI is InChI=1S/C12H16O4/c1-9-5-6-10(11(8-9)15-2)16-7-3-4-12(13)14/h5-6,8H,3-4,7H2,1-2H3,(H,13,14). The van der Waals surface area contributed by atoms with E-state index in [4.69, 9.17) is 14.6 Å². The van der Waals surface area contributed by atoms with E-state index in [0.717, 1.165) is 5.56 Å². The lowest BCUT2D eigenvalue weighted by molar-refractivity contribution is -0.137. The van der Waals surface area contributed by atoms with E-state index in [1.54, 1.807) is 7.11 Å². The molecule has 88 valence electrons. The zero-order valence-corrected chi connectivity index (χ0v) is 9.53. The van der Waals surface area contributed by atoms with E-state index in [1.807, 2.05) is 25.1 Å². The molecular weight excluding hydrogens is 208 g/mol. The van der Waals surface area contributed by atoms with Gasteiger partial charge < -0.3 is 14.6 Å². The second-order valence-electron chi connectivity index (χ2n) is 3.50. The highest BCUT2D eigenvalue weighted by Crippen LogP contribution is 2.27. The second kappa shape index (κ2) is 6.00. The molecule has 1 aromatic rings. The van der Waals surface area contributed by atoms with Crippen LogP contribution in [-0.2, 0) is 4.79 Å². The zero-order valence-electron chi connectivity index (χ0n) is 9.53. The molecule has 0 unspecified atom stereocenters. The third-order valence-electron chi connectivity index (χ3n) is 2.11. The average molecular weight is 224 g/mol. The van der Waals surface area contributed by atoms with Gasteiger partial charge in [-0.1, -0.05) is 6.07 Å². The Bertz CT molecular complexity index is 360. The number of benzene rings is 1. The van der Waals surface area contributed by atoms with Crippen molar-refractivity contribution in [3.63, 3.8) is 0 Å². The van der Waals surface area contributed by atoms with Gasteiger partial charge in [0.25, 0.3) is 0 Å². The molecule has 1 N–H and O–H groups in total. The predicted molar refractivity (Wildman–Crippen MR) is 60.1 cm³/mol. The Hall–Kier alpha value is -1.71. The molecule has 1 aromatic carbocycles. The van der Waals surface area contributed by atoms with Crippen molar-refractivity contribution in [2.45, 2.75) is 19.8 Å². The van der Waals surface area contributed by atoms with Crippen molar-refractivity contribution in [1.29, 1.82) is 0 Å². The van der Waals surface area contributed by atoms with E-state index in [1.165, 1.54) is 0 Å². The molecule has 0 aliphatic carbocycles. The molecule has 4 heteroatoms. The first-order chi connectivity index (χ1) is 7.63. The minimum Gasteiger partial charge on any atom is -0.493 e. The van der Waals surface area contributed by atoms with Crippen molar-refractivity contribution >= 4 is 5.97 Å². The van der Waals surface area contributed by atoms with Gasteiger partial charge in [-0.05, 0) is 31.0 Å². The van der Waals surface area contributed by atoms with Crippen LogP contribution in [0, 0.1) is 6.92 Å². The largest absolute Gasteiger partial charge is 0.493 e. The molecular formula is C12H16O4. The van der Waals surface area contributed by atoms with E-state index < -0.39 is 5.97 Å². The second-order valence-corrected chi connectivity index (χ2v) is 3.50. The number of hydrogen-bond acceptors (Lipinski definition) is 3. The Morgan fingerprint density at radius 3 is 2.75 bits per heavy atom. The number of carboxylic acids is 1. The Morgan fingerprint density at radius 2 is 2.12 bits per heavy atom. The third kappa shape index (κ3) is 3.81. The Labute approximate surface area is 94.8 Å². The smallest absolute Gasteiger partial charge is 0.303 e. The van der Waals surface area contributed by atoms with Gasteiger partial charge in [-0.2, -0.15) is 0 Å². The molecule has 0 fully saturated rings. The fraction of sp³-hybridized carbons (Fsp3) is 0.417. The monoisotopic (exact) mass is 224 g/mol. The quantitative estimate of drug-likeness (QED) is 0.753. The Kier molecular flexibility index (Phi) is 4.64. The maximum atomic E-state index is 10.3. The molecule has 0 spiro atoms. The van der Waals surface area contributed by atoms with Crippen LogP contribution in [0.5, 0.6) is 11.5 Å². The van der Waals surface area contributed by atoms with Gasteiger partial charge in [-0.25, -0.2) is 0 Å². The number of aryl methyl sites for hydroxylation is 1. The summed E-state index contributed by atoms with van der Waals surface area (Å²) in [6.45, 7) is 2.35. The van der Waals surface area contributed by atoms with Crippen molar-refractivity contribution in [2.24, 2.45) is 0 Å². The molecule has 0 amide bonds. The number of carboxylic acid groups (broad SMARTS) is 1. The first-order valence-electron chi connectivity index (χ1n) is 5.12. The SMILES string of the molecule is COc1cc(C)ccc1OCCCC(=O)O. The van der Waals surface area contributed by atoms with Crippen LogP contribution in [0.15, 0.2) is 18.2 Å². The van der Waals surface area contributed by atoms with Crippen molar-refractivity contribution in [2.75, 3.05) is 13.7 Å². The van der Waals surface area contributed by atoms with Crippen LogP contribution in [-0.4, -0.2) is 24.8 Å². The summed E-state index contributed by atoms with van der Waals surface area (Å²) in [4.78, 5) is 10.3. The molecule has 0 aliphatic rings. The van der Waals surface area contributed by atoms with Gasteiger partial charge in [-0.15, -0.1) is 0 Å². The molecule has 0 aliphatic heterocycles. The van der Waals surface area contributed by atoms with Crippen LogP contribution in [0.1, 0.15) is 18.4 Å². The molecule has 0 saturated heterocycles. The normalized spacial score (nSPS) is 9.88. The van der Waals surface area contributed by atoms with E-state index >= 15 is 0 Å². The Balaban J connectivity index is 2.50. The van der Waals surface area contributed by atoms with Crippen LogP contribution in [0.3, 0.4) is 0 Å². The Morgan fingerprint density at radius 1 is 1.38 bits per heavy atom. The highest BCUT2D eigenvalue weighted by Gasteiger charge is 2.04. The molecule has 0 radical (unpaired) electrons. The molecule has 0 atom stereocenters. The summed E-state index contributed by atoms with van der Waals surface area (Å²) in [6.07, 6.45) is 0.612. The van der Waals surface area contributed by atoms with Crippen LogP contribution < -0.4 is 9.47 Å². The van der Waals surface area contributed by atoms with Gasteiger partial charge in [-0.3, -0.25) is 4.79 Å². The summed E-state index contributed by atoms with van der Waals surface area (Å²) in [5.74, 6) is 0.522. The number of rotatable bonds is 6. The number of methoxy groups -OCH3 is 1. The van der Waals surface area contributed by atoms with Gasteiger partial charge in [0.1, 0.15) is 0 Å². The first-order valence-corrected chi connectivity index (χ1v) is 5.12. The van der Waals surface area contributed by atoms with Gasteiger partial charge in [0.15, 0.2) is 11.5 Å². The molecule has 16 heavy (non-hydrogen) atoms. The summed E-state index contributed by atoms with van der Waals surface area (Å²) >= 11 is 0. The molecule has 1 rings (SSSR count). The van der Waals surface area contributed by atoms with E-state index in [2.05, 4.69) is 0 Å². The lowest BCUT2D eigenvalue weighted by atomic mass is 10.2. The topological polar surface area (TPSA) is 55.8 Å². The first kappa shape index (κ1) is 12.4. The van der Waals surface area contributed by atoms with Crippen LogP contribution in [0.4, 0.5) is 0 Å². The summed E-state index contributed by atoms with van der Waals surface area (Å²) in [5, 5.41) is 8.47. The fourth-order valence-corrected chi connectivity index (χ4v) is 1.30. The lowest BCUT2D eigenvalue weighted by Gasteiger charge is -2.10. The van der Waals surface area contributed by atoms with Crippen molar-refractivity contribution in [3.8, 4) is 11.5 Å². The average Bonchev–Trinajstić information content (AvgIpc) is 2.25. The molecule has 0 bridgehead atoms. The molecule has 0 heterocycles. The summed E-state index contributed by atoms with van der Waals surface area (Å²) in [5.41, 5.74) is 1.09. The lowest BCUT2D eigenvalue weighted by Crippen LogP contribution is -2.03. The van der Waals surface area contributed by atoms with Crippen molar-refractivity contribution in [1.82, 2.24) is 0 Å². The maximum Gasteiger partial charge on any atom is 0.303 e. The summed E-state index contributed by atoms with van der Waals surface area (Å²) < 4.78 is 10.6. The minimum atomic E-state index is -0.806. The molecule has 4 nitrogen and oxygen atoms in total. The van der Waals surface area contributed by atoms with E-state index in [0.29, 0.717) is 24.5 Å². The highest BCUT2D eigenvalue weighted by molar-refractivity contribution is 5.66. The third-order valence-corrected chi connectivity index (χ3v) is 2.11. The number of carbonyl (C=O) groups is 1. The van der Waals surface area contributed by atoms with Crippen LogP contribution in [0.2, 0.25) is 0 Å². The maximum absolute atomic E-state index is 10.3. The van der Waals surface area contributed by atoms with E-state index in [9.17, 15) is 4.79 Å². The van der Waals surface area contributed by atoms with Crippen molar-refractivity contribution in [3.05, 3.63) is 23.8 Å². The van der Waals surface area contributed by atoms with Crippen LogP contribution >= 0.6 is 0 Å².